The number of hydrogen-bond acceptors (Lipinski definition) is 3. The number of rotatable bonds is 1. The van der Waals surface area contributed by atoms with Crippen molar-refractivity contribution in [2.75, 3.05) is 13.1 Å². The molecule has 1 aromatic heterocycles. The van der Waals surface area contributed by atoms with Crippen LogP contribution in [0, 0.1) is 6.92 Å². The zero-order valence-corrected chi connectivity index (χ0v) is 10.7. The second-order valence-corrected chi connectivity index (χ2v) is 5.28. The van der Waals surface area contributed by atoms with Crippen LogP contribution in [0.1, 0.15) is 39.6 Å². The van der Waals surface area contributed by atoms with Crippen LogP contribution in [-0.4, -0.2) is 28.9 Å². The summed E-state index contributed by atoms with van der Waals surface area (Å²) < 4.78 is 37.5. The van der Waals surface area contributed by atoms with E-state index in [0.29, 0.717) is 24.4 Å². The molecule has 18 heavy (non-hydrogen) atoms. The molecule has 1 fully saturated rings. The first kappa shape index (κ1) is 13.3. The van der Waals surface area contributed by atoms with Gasteiger partial charge in [-0.05, 0) is 26.2 Å². The normalized spacial score (nSPS) is 17.0. The van der Waals surface area contributed by atoms with Gasteiger partial charge in [-0.1, -0.05) is 0 Å². The molecule has 3 nitrogen and oxygen atoms in total. The van der Waals surface area contributed by atoms with Crippen molar-refractivity contribution in [1.82, 2.24) is 9.88 Å². The standard InChI is InChI=1S/C11H13F3N2OS/c1-7-8(18-10(15-7)11(12,13)14)9(17)16-5-3-2-4-6-16/h2-6H2,1H3. The Balaban J connectivity index is 2.22. The van der Waals surface area contributed by atoms with Crippen molar-refractivity contribution < 1.29 is 18.0 Å². The number of carbonyl (C=O) groups excluding carboxylic acids is 1. The number of likely N-dealkylation sites (tertiary alicyclic amines) is 1. The first-order valence-electron chi connectivity index (χ1n) is 5.73. The van der Waals surface area contributed by atoms with E-state index in [4.69, 9.17) is 0 Å². The molecule has 0 saturated carbocycles. The smallest absolute Gasteiger partial charge is 0.338 e. The van der Waals surface area contributed by atoms with E-state index in [2.05, 4.69) is 4.98 Å². The first-order chi connectivity index (χ1) is 8.39. The third kappa shape index (κ3) is 2.66. The van der Waals surface area contributed by atoms with Gasteiger partial charge in [0, 0.05) is 13.1 Å². The number of hydrogen-bond donors (Lipinski definition) is 0. The largest absolute Gasteiger partial charge is 0.443 e. The fraction of sp³-hybridized carbons (Fsp3) is 0.636. The number of alkyl halides is 3. The lowest BCUT2D eigenvalue weighted by Gasteiger charge is -2.26. The van der Waals surface area contributed by atoms with Crippen molar-refractivity contribution in [3.63, 3.8) is 0 Å². The summed E-state index contributed by atoms with van der Waals surface area (Å²) in [7, 11) is 0. The van der Waals surface area contributed by atoms with Crippen molar-refractivity contribution >= 4 is 17.2 Å². The second kappa shape index (κ2) is 4.87. The summed E-state index contributed by atoms with van der Waals surface area (Å²) in [5.74, 6) is -0.319. The zero-order valence-electron chi connectivity index (χ0n) is 9.88. The van der Waals surface area contributed by atoms with Crippen LogP contribution in [0.3, 0.4) is 0 Å². The van der Waals surface area contributed by atoms with E-state index in [1.165, 1.54) is 6.92 Å². The van der Waals surface area contributed by atoms with Crippen molar-refractivity contribution in [2.24, 2.45) is 0 Å². The van der Waals surface area contributed by atoms with Crippen LogP contribution in [-0.2, 0) is 6.18 Å². The van der Waals surface area contributed by atoms with Gasteiger partial charge in [0.25, 0.3) is 5.91 Å². The number of thiazole rings is 1. The Morgan fingerprint density at radius 2 is 1.89 bits per heavy atom. The Labute approximate surface area is 107 Å². The van der Waals surface area contributed by atoms with Gasteiger partial charge in [0.2, 0.25) is 0 Å². The van der Waals surface area contributed by atoms with E-state index in [1.54, 1.807) is 4.90 Å². The van der Waals surface area contributed by atoms with Crippen molar-refractivity contribution in [1.29, 1.82) is 0 Å². The minimum absolute atomic E-state index is 0.115. The minimum atomic E-state index is -4.48. The predicted molar refractivity (Wildman–Crippen MR) is 61.6 cm³/mol. The van der Waals surface area contributed by atoms with E-state index >= 15 is 0 Å². The summed E-state index contributed by atoms with van der Waals surface area (Å²) in [5.41, 5.74) is 0.169. The second-order valence-electron chi connectivity index (χ2n) is 4.28. The highest BCUT2D eigenvalue weighted by Gasteiger charge is 2.37. The third-order valence-corrected chi connectivity index (χ3v) is 4.07. The number of halogens is 3. The highest BCUT2D eigenvalue weighted by atomic mass is 32.1. The number of carbonyl (C=O) groups is 1. The molecular formula is C11H13F3N2OS. The SMILES string of the molecule is Cc1nc(C(F)(F)F)sc1C(=O)N1CCCCC1. The molecule has 0 bridgehead atoms. The molecule has 0 aliphatic carbocycles. The van der Waals surface area contributed by atoms with Crippen LogP contribution in [0.4, 0.5) is 13.2 Å². The van der Waals surface area contributed by atoms with Gasteiger partial charge >= 0.3 is 6.18 Å². The van der Waals surface area contributed by atoms with Crippen LogP contribution in [0.15, 0.2) is 0 Å². The first-order valence-corrected chi connectivity index (χ1v) is 6.55. The highest BCUT2D eigenvalue weighted by molar-refractivity contribution is 7.13. The maximum absolute atomic E-state index is 12.5. The summed E-state index contributed by atoms with van der Waals surface area (Å²) in [5, 5.41) is -0.944. The molecule has 0 atom stereocenters. The lowest BCUT2D eigenvalue weighted by atomic mass is 10.1. The molecule has 2 heterocycles. The van der Waals surface area contributed by atoms with Gasteiger partial charge in [0.1, 0.15) is 4.88 Å². The summed E-state index contributed by atoms with van der Waals surface area (Å²) in [6.45, 7) is 2.69. The molecule has 100 valence electrons. The van der Waals surface area contributed by atoms with Crippen molar-refractivity contribution in [3.8, 4) is 0 Å². The Morgan fingerprint density at radius 3 is 2.39 bits per heavy atom. The Hall–Kier alpha value is -1.11. The Kier molecular flexibility index (Phi) is 3.61. The van der Waals surface area contributed by atoms with Crippen LogP contribution in [0.5, 0.6) is 0 Å². The van der Waals surface area contributed by atoms with E-state index in [0.717, 1.165) is 19.3 Å². The molecule has 7 heteroatoms. The van der Waals surface area contributed by atoms with Crippen molar-refractivity contribution in [3.05, 3.63) is 15.6 Å². The van der Waals surface area contributed by atoms with Crippen molar-refractivity contribution in [2.45, 2.75) is 32.4 Å². The molecule has 0 N–H and O–H groups in total. The third-order valence-electron chi connectivity index (χ3n) is 2.88. The number of aromatic nitrogens is 1. The van der Waals surface area contributed by atoms with Gasteiger partial charge in [-0.25, -0.2) is 4.98 Å². The molecular weight excluding hydrogens is 265 g/mol. The lowest BCUT2D eigenvalue weighted by Crippen LogP contribution is -2.35. The molecule has 1 amide bonds. The molecule has 1 aromatic rings. The van der Waals surface area contributed by atoms with E-state index in [9.17, 15) is 18.0 Å². The Bertz CT molecular complexity index is 450. The molecule has 0 unspecified atom stereocenters. The molecule has 0 radical (unpaired) electrons. The van der Waals surface area contributed by atoms with E-state index < -0.39 is 11.2 Å². The van der Waals surface area contributed by atoms with Gasteiger partial charge in [-0.3, -0.25) is 4.79 Å². The quantitative estimate of drug-likeness (QED) is 0.791. The van der Waals surface area contributed by atoms with Gasteiger partial charge in [-0.2, -0.15) is 13.2 Å². The van der Waals surface area contributed by atoms with E-state index in [-0.39, 0.29) is 16.5 Å². The molecule has 0 aromatic carbocycles. The van der Waals surface area contributed by atoms with Gasteiger partial charge < -0.3 is 4.90 Å². The van der Waals surface area contributed by atoms with Gasteiger partial charge in [0.05, 0.1) is 5.69 Å². The fourth-order valence-electron chi connectivity index (χ4n) is 1.96. The minimum Gasteiger partial charge on any atom is -0.338 e. The number of piperidine rings is 1. The molecule has 0 spiro atoms. The Morgan fingerprint density at radius 1 is 1.28 bits per heavy atom. The van der Waals surface area contributed by atoms with E-state index in [1.807, 2.05) is 0 Å². The molecule has 1 aliphatic rings. The highest BCUT2D eigenvalue weighted by Crippen LogP contribution is 2.34. The summed E-state index contributed by atoms with van der Waals surface area (Å²) in [4.78, 5) is 17.3. The average molecular weight is 278 g/mol. The molecule has 1 saturated heterocycles. The van der Waals surface area contributed by atoms with Crippen LogP contribution >= 0.6 is 11.3 Å². The summed E-state index contributed by atoms with van der Waals surface area (Å²) in [6.07, 6.45) is -1.58. The molecule has 1 aliphatic heterocycles. The maximum atomic E-state index is 12.5. The topological polar surface area (TPSA) is 33.2 Å². The molecule has 2 rings (SSSR count). The van der Waals surface area contributed by atoms with Gasteiger partial charge in [-0.15, -0.1) is 11.3 Å². The maximum Gasteiger partial charge on any atom is 0.443 e. The van der Waals surface area contributed by atoms with Gasteiger partial charge in [0.15, 0.2) is 5.01 Å². The van der Waals surface area contributed by atoms with Crippen LogP contribution < -0.4 is 0 Å². The average Bonchev–Trinajstić information content (AvgIpc) is 2.71. The zero-order chi connectivity index (χ0) is 13.3. The summed E-state index contributed by atoms with van der Waals surface area (Å²) in [6, 6.07) is 0. The lowest BCUT2D eigenvalue weighted by molar-refractivity contribution is -0.137. The number of amides is 1. The number of nitrogens with zero attached hydrogens (tertiary/aromatic N) is 2. The summed E-state index contributed by atoms with van der Waals surface area (Å²) >= 11 is 0.441. The number of aryl methyl sites for hydroxylation is 1. The fourth-order valence-corrected chi connectivity index (χ4v) is 2.86. The van der Waals surface area contributed by atoms with Crippen LogP contribution in [0.25, 0.3) is 0 Å². The monoisotopic (exact) mass is 278 g/mol. The van der Waals surface area contributed by atoms with Crippen LogP contribution in [0.2, 0.25) is 0 Å². The predicted octanol–water partition coefficient (Wildman–Crippen LogP) is 3.10.